The average molecular weight is 361 g/mol. The summed E-state index contributed by atoms with van der Waals surface area (Å²) in [5.74, 6) is 0.893. The summed E-state index contributed by atoms with van der Waals surface area (Å²) in [5, 5.41) is 14.8. The Morgan fingerprint density at radius 1 is 1.08 bits per heavy atom. The van der Waals surface area contributed by atoms with Crippen molar-refractivity contribution in [2.45, 2.75) is 51.0 Å². The van der Waals surface area contributed by atoms with Gasteiger partial charge in [0.15, 0.2) is 0 Å². The summed E-state index contributed by atoms with van der Waals surface area (Å²) in [4.78, 5) is 24.4. The molecule has 4 fully saturated rings. The molecular formula is C20H23ClNO3-. The van der Waals surface area contributed by atoms with Gasteiger partial charge in [0.1, 0.15) is 0 Å². The maximum absolute atomic E-state index is 13.2. The van der Waals surface area contributed by atoms with Gasteiger partial charge in [0.05, 0.1) is 6.04 Å². The molecule has 5 rings (SSSR count). The lowest BCUT2D eigenvalue weighted by atomic mass is 9.49. The second-order valence-electron chi connectivity index (χ2n) is 8.35. The predicted molar refractivity (Wildman–Crippen MR) is 92.6 cm³/mol. The van der Waals surface area contributed by atoms with Crippen molar-refractivity contribution >= 4 is 23.5 Å². The third-order valence-electron chi connectivity index (χ3n) is 6.47. The number of carbonyl (C=O) groups excluding carboxylic acids is 2. The number of aliphatic carboxylic acids is 1. The molecule has 4 bridgehead atoms. The van der Waals surface area contributed by atoms with Crippen LogP contribution in [0.5, 0.6) is 0 Å². The third-order valence-corrected chi connectivity index (χ3v) is 6.72. The topological polar surface area (TPSA) is 69.2 Å². The minimum Gasteiger partial charge on any atom is -0.550 e. The van der Waals surface area contributed by atoms with Gasteiger partial charge in [-0.25, -0.2) is 0 Å². The van der Waals surface area contributed by atoms with Crippen molar-refractivity contribution in [2.24, 2.45) is 23.2 Å². The number of nitrogens with one attached hydrogen (secondary N) is 1. The van der Waals surface area contributed by atoms with Crippen molar-refractivity contribution in [3.05, 3.63) is 34.9 Å². The monoisotopic (exact) mass is 360 g/mol. The summed E-state index contributed by atoms with van der Waals surface area (Å²) in [5.41, 5.74) is 0.470. The molecular weight excluding hydrogens is 338 g/mol. The Balaban J connectivity index is 1.54. The summed E-state index contributed by atoms with van der Waals surface area (Å²) in [7, 11) is 0. The first-order valence-electron chi connectivity index (χ1n) is 9.20. The number of carboxylic acid groups (broad SMARTS) is 1. The smallest absolute Gasteiger partial charge is 0.226 e. The van der Waals surface area contributed by atoms with Crippen molar-refractivity contribution < 1.29 is 14.7 Å². The number of hydrogen-bond donors (Lipinski definition) is 1. The van der Waals surface area contributed by atoms with Crippen LogP contribution in [-0.2, 0) is 9.59 Å². The molecule has 1 N–H and O–H groups in total. The fourth-order valence-corrected chi connectivity index (χ4v) is 5.94. The number of carboxylic acids is 1. The first kappa shape index (κ1) is 16.9. The zero-order chi connectivity index (χ0) is 17.6. The van der Waals surface area contributed by atoms with Crippen molar-refractivity contribution in [3.8, 4) is 0 Å². The average Bonchev–Trinajstić information content (AvgIpc) is 2.53. The highest BCUT2D eigenvalue weighted by Crippen LogP contribution is 2.60. The van der Waals surface area contributed by atoms with Crippen LogP contribution in [-0.4, -0.2) is 11.9 Å². The van der Waals surface area contributed by atoms with E-state index in [4.69, 9.17) is 11.6 Å². The molecule has 5 heteroatoms. The van der Waals surface area contributed by atoms with Gasteiger partial charge >= 0.3 is 0 Å². The fourth-order valence-electron chi connectivity index (χ4n) is 5.81. The van der Waals surface area contributed by atoms with Crippen LogP contribution in [0.2, 0.25) is 5.02 Å². The van der Waals surface area contributed by atoms with E-state index in [0.717, 1.165) is 24.8 Å². The second-order valence-corrected chi connectivity index (χ2v) is 8.79. The minimum atomic E-state index is -1.16. The van der Waals surface area contributed by atoms with E-state index in [-0.39, 0.29) is 17.7 Å². The molecule has 1 atom stereocenters. The molecule has 1 aromatic carbocycles. The van der Waals surface area contributed by atoms with E-state index in [1.165, 1.54) is 19.3 Å². The van der Waals surface area contributed by atoms with Gasteiger partial charge in [-0.3, -0.25) is 4.79 Å². The lowest BCUT2D eigenvalue weighted by Gasteiger charge is -2.55. The highest BCUT2D eigenvalue weighted by Gasteiger charge is 2.54. The number of amides is 1. The standard InChI is InChI=1S/C20H24ClNO3/c21-16-3-1-15(2-4-16)17(8-18(23)24)22-19(25)20-9-12-5-13(10-20)7-14(6-12)11-20/h1-4,12-14,17H,5-11H2,(H,22,25)(H,23,24)/p-1/t12?,13?,14?,17-,20?/m1/s1. The molecule has 4 nitrogen and oxygen atoms in total. The number of rotatable bonds is 5. The molecule has 0 unspecified atom stereocenters. The quantitative estimate of drug-likeness (QED) is 0.877. The Labute approximate surface area is 152 Å². The van der Waals surface area contributed by atoms with Gasteiger partial charge < -0.3 is 15.2 Å². The van der Waals surface area contributed by atoms with E-state index in [9.17, 15) is 14.7 Å². The van der Waals surface area contributed by atoms with Gasteiger partial charge in [-0.05, 0) is 74.0 Å². The van der Waals surface area contributed by atoms with Gasteiger partial charge in [0.25, 0.3) is 0 Å². The molecule has 0 radical (unpaired) electrons. The maximum Gasteiger partial charge on any atom is 0.226 e. The first-order valence-corrected chi connectivity index (χ1v) is 9.57. The number of carbonyl (C=O) groups is 2. The van der Waals surface area contributed by atoms with Gasteiger partial charge in [0, 0.05) is 22.8 Å². The van der Waals surface area contributed by atoms with Gasteiger partial charge in [-0.2, -0.15) is 0 Å². The molecule has 0 aromatic heterocycles. The van der Waals surface area contributed by atoms with Crippen LogP contribution in [0.1, 0.15) is 56.6 Å². The lowest BCUT2D eigenvalue weighted by Crippen LogP contribution is -2.54. The van der Waals surface area contributed by atoms with Crippen molar-refractivity contribution in [2.75, 3.05) is 0 Å². The fraction of sp³-hybridized carbons (Fsp3) is 0.600. The molecule has 4 saturated carbocycles. The molecule has 0 spiro atoms. The summed E-state index contributed by atoms with van der Waals surface area (Å²) < 4.78 is 0. The molecule has 1 amide bonds. The number of halogens is 1. The summed E-state index contributed by atoms with van der Waals surface area (Å²) >= 11 is 5.92. The van der Waals surface area contributed by atoms with Crippen LogP contribution in [0.25, 0.3) is 0 Å². The van der Waals surface area contributed by atoms with Crippen LogP contribution >= 0.6 is 11.6 Å². The zero-order valence-electron chi connectivity index (χ0n) is 14.2. The molecule has 4 aliphatic carbocycles. The van der Waals surface area contributed by atoms with Crippen molar-refractivity contribution in [3.63, 3.8) is 0 Å². The molecule has 134 valence electrons. The summed E-state index contributed by atoms with van der Waals surface area (Å²) in [6, 6.07) is 6.42. The number of benzene rings is 1. The maximum atomic E-state index is 13.2. The normalized spacial score (nSPS) is 33.9. The van der Waals surface area contributed by atoms with Crippen LogP contribution in [0, 0.1) is 23.2 Å². The highest BCUT2D eigenvalue weighted by atomic mass is 35.5. The number of hydrogen-bond acceptors (Lipinski definition) is 3. The van der Waals surface area contributed by atoms with E-state index in [1.54, 1.807) is 24.3 Å². The van der Waals surface area contributed by atoms with E-state index in [2.05, 4.69) is 5.32 Å². The highest BCUT2D eigenvalue weighted by molar-refractivity contribution is 6.30. The SMILES string of the molecule is O=C([O-])C[C@@H](NC(=O)C12CC3CC(CC(C3)C1)C2)c1ccc(Cl)cc1. The zero-order valence-corrected chi connectivity index (χ0v) is 14.9. The van der Waals surface area contributed by atoms with E-state index < -0.39 is 12.0 Å². The Morgan fingerprint density at radius 3 is 2.08 bits per heavy atom. The third kappa shape index (κ3) is 3.29. The molecule has 4 aliphatic rings. The van der Waals surface area contributed by atoms with Crippen LogP contribution in [0.3, 0.4) is 0 Å². The Hall–Kier alpha value is -1.55. The van der Waals surface area contributed by atoms with Gasteiger partial charge in [0.2, 0.25) is 5.91 Å². The van der Waals surface area contributed by atoms with E-state index >= 15 is 0 Å². The molecule has 1 aromatic rings. The first-order chi connectivity index (χ1) is 11.9. The minimum absolute atomic E-state index is 0.0350. The molecule has 0 saturated heterocycles. The Kier molecular flexibility index (Phi) is 4.27. The Bertz CT molecular complexity index is 649. The van der Waals surface area contributed by atoms with E-state index in [1.807, 2.05) is 0 Å². The van der Waals surface area contributed by atoms with Crippen LogP contribution in [0.15, 0.2) is 24.3 Å². The van der Waals surface area contributed by atoms with Crippen molar-refractivity contribution in [1.29, 1.82) is 0 Å². The largest absolute Gasteiger partial charge is 0.550 e. The van der Waals surface area contributed by atoms with Crippen molar-refractivity contribution in [1.82, 2.24) is 5.32 Å². The molecule has 0 aliphatic heterocycles. The Morgan fingerprint density at radius 2 is 1.60 bits per heavy atom. The molecule has 25 heavy (non-hydrogen) atoms. The van der Waals surface area contributed by atoms with Crippen LogP contribution < -0.4 is 10.4 Å². The summed E-state index contributed by atoms with van der Waals surface area (Å²) in [6.07, 6.45) is 6.47. The lowest BCUT2D eigenvalue weighted by molar-refractivity contribution is -0.306. The van der Waals surface area contributed by atoms with E-state index in [0.29, 0.717) is 22.8 Å². The predicted octanol–water partition coefficient (Wildman–Crippen LogP) is 2.85. The second kappa shape index (κ2) is 6.31. The van der Waals surface area contributed by atoms with Gasteiger partial charge in [-0.15, -0.1) is 0 Å². The van der Waals surface area contributed by atoms with Crippen LogP contribution in [0.4, 0.5) is 0 Å². The summed E-state index contributed by atoms with van der Waals surface area (Å²) in [6.45, 7) is 0. The van der Waals surface area contributed by atoms with Gasteiger partial charge in [-0.1, -0.05) is 23.7 Å². The molecule has 0 heterocycles.